The molecule has 1 heterocycles. The quantitative estimate of drug-likeness (QED) is 0.727. The van der Waals surface area contributed by atoms with E-state index in [1.54, 1.807) is 6.92 Å². The Kier molecular flexibility index (Phi) is 2.26. The summed E-state index contributed by atoms with van der Waals surface area (Å²) in [7, 11) is 0. The zero-order chi connectivity index (χ0) is 9.97. The second-order valence-electron chi connectivity index (χ2n) is 2.99. The second-order valence-corrected chi connectivity index (χ2v) is 2.99. The molecule has 3 nitrogen and oxygen atoms in total. The van der Waals surface area contributed by atoms with Crippen LogP contribution in [0.4, 0.5) is 4.39 Å². The van der Waals surface area contributed by atoms with Crippen LogP contribution in [0, 0.1) is 6.92 Å². The number of nitrogens with zero attached hydrogens (tertiary/aromatic N) is 3. The Hall–Kier alpha value is -1.71. The van der Waals surface area contributed by atoms with Gasteiger partial charge in [0, 0.05) is 0 Å². The van der Waals surface area contributed by atoms with Gasteiger partial charge >= 0.3 is 0 Å². The summed E-state index contributed by atoms with van der Waals surface area (Å²) in [5.74, 6) is 0. The van der Waals surface area contributed by atoms with Gasteiger partial charge in [-0.05, 0) is 19.1 Å². The molecule has 0 N–H and O–H groups in total. The van der Waals surface area contributed by atoms with E-state index in [1.165, 1.54) is 4.80 Å². The lowest BCUT2D eigenvalue weighted by Gasteiger charge is -1.96. The summed E-state index contributed by atoms with van der Waals surface area (Å²) in [6.07, 6.45) is 0. The van der Waals surface area contributed by atoms with Crippen molar-refractivity contribution in [1.29, 1.82) is 0 Å². The molecule has 72 valence electrons. The zero-order valence-corrected chi connectivity index (χ0v) is 7.81. The van der Waals surface area contributed by atoms with Gasteiger partial charge in [-0.15, -0.1) is 0 Å². The third-order valence-electron chi connectivity index (χ3n) is 1.99. The molecule has 0 saturated carbocycles. The van der Waals surface area contributed by atoms with E-state index in [1.807, 2.05) is 30.3 Å². The van der Waals surface area contributed by atoms with E-state index >= 15 is 0 Å². The van der Waals surface area contributed by atoms with Crippen molar-refractivity contribution in [3.05, 3.63) is 41.7 Å². The van der Waals surface area contributed by atoms with Gasteiger partial charge in [-0.1, -0.05) is 18.2 Å². The maximum atomic E-state index is 12.4. The van der Waals surface area contributed by atoms with E-state index in [2.05, 4.69) is 10.2 Å². The van der Waals surface area contributed by atoms with Crippen LogP contribution >= 0.6 is 0 Å². The second kappa shape index (κ2) is 3.57. The highest BCUT2D eigenvalue weighted by molar-refractivity contribution is 5.29. The molecule has 2 aromatic rings. The number of halogens is 1. The van der Waals surface area contributed by atoms with E-state index in [9.17, 15) is 4.39 Å². The first-order valence-corrected chi connectivity index (χ1v) is 4.35. The molecule has 14 heavy (non-hydrogen) atoms. The van der Waals surface area contributed by atoms with Crippen LogP contribution in [0.5, 0.6) is 0 Å². The molecule has 0 aliphatic heterocycles. The summed E-state index contributed by atoms with van der Waals surface area (Å²) in [4.78, 5) is 1.45. The molecule has 4 heteroatoms. The third kappa shape index (κ3) is 1.51. The Morgan fingerprint density at radius 1 is 1.21 bits per heavy atom. The highest BCUT2D eigenvalue weighted by atomic mass is 19.1. The van der Waals surface area contributed by atoms with Crippen LogP contribution in [0.15, 0.2) is 30.3 Å². The van der Waals surface area contributed by atoms with Crippen molar-refractivity contribution in [3.8, 4) is 5.69 Å². The number of hydrogen-bond donors (Lipinski definition) is 0. The van der Waals surface area contributed by atoms with Crippen LogP contribution in [-0.2, 0) is 6.67 Å². The van der Waals surface area contributed by atoms with Crippen LogP contribution < -0.4 is 0 Å². The van der Waals surface area contributed by atoms with Gasteiger partial charge < -0.3 is 0 Å². The SMILES string of the molecule is Cc1nn(-c2ccccc2)nc1CF. The first-order chi connectivity index (χ1) is 6.81. The van der Waals surface area contributed by atoms with Crippen molar-refractivity contribution >= 4 is 0 Å². The predicted octanol–water partition coefficient (Wildman–Crippen LogP) is 2.05. The van der Waals surface area contributed by atoms with Crippen LogP contribution in [0.25, 0.3) is 5.69 Å². The molecule has 2 rings (SSSR count). The molecule has 0 saturated heterocycles. The molecule has 0 atom stereocenters. The van der Waals surface area contributed by atoms with Crippen LogP contribution in [0.3, 0.4) is 0 Å². The van der Waals surface area contributed by atoms with Gasteiger partial charge in [0.25, 0.3) is 0 Å². The highest BCUT2D eigenvalue weighted by Crippen LogP contribution is 2.08. The largest absolute Gasteiger partial charge is 0.244 e. The normalized spacial score (nSPS) is 10.4. The Morgan fingerprint density at radius 2 is 1.93 bits per heavy atom. The summed E-state index contributed by atoms with van der Waals surface area (Å²) in [6.45, 7) is 1.18. The monoisotopic (exact) mass is 191 g/mol. The van der Waals surface area contributed by atoms with Gasteiger partial charge in [0.15, 0.2) is 0 Å². The molecule has 0 amide bonds. The molecular formula is C10H10FN3. The Labute approximate surface area is 81.2 Å². The number of aromatic nitrogens is 3. The van der Waals surface area contributed by atoms with Crippen molar-refractivity contribution < 1.29 is 4.39 Å². The van der Waals surface area contributed by atoms with Crippen molar-refractivity contribution in [2.45, 2.75) is 13.6 Å². The van der Waals surface area contributed by atoms with Gasteiger partial charge in [0.05, 0.1) is 11.4 Å². The highest BCUT2D eigenvalue weighted by Gasteiger charge is 2.06. The molecule has 0 fully saturated rings. The first kappa shape index (κ1) is 8.87. The standard InChI is InChI=1S/C10H10FN3/c1-8-10(7-11)13-14(12-8)9-5-3-2-4-6-9/h2-6H,7H2,1H3. The average molecular weight is 191 g/mol. The molecule has 0 unspecified atom stereocenters. The minimum Gasteiger partial charge on any atom is -0.244 e. The first-order valence-electron chi connectivity index (χ1n) is 4.35. The van der Waals surface area contributed by atoms with Crippen LogP contribution in [0.2, 0.25) is 0 Å². The lowest BCUT2D eigenvalue weighted by Crippen LogP contribution is -1.98. The van der Waals surface area contributed by atoms with E-state index < -0.39 is 6.67 Å². The van der Waals surface area contributed by atoms with Gasteiger partial charge in [0.1, 0.15) is 12.4 Å². The topological polar surface area (TPSA) is 30.7 Å². The van der Waals surface area contributed by atoms with Crippen molar-refractivity contribution in [2.24, 2.45) is 0 Å². The van der Waals surface area contributed by atoms with Gasteiger partial charge in [-0.25, -0.2) is 4.39 Å². The molecule has 0 bridgehead atoms. The lowest BCUT2D eigenvalue weighted by molar-refractivity contribution is 0.471. The van der Waals surface area contributed by atoms with Crippen molar-refractivity contribution in [3.63, 3.8) is 0 Å². The van der Waals surface area contributed by atoms with E-state index in [0.717, 1.165) is 5.69 Å². The molecule has 0 spiro atoms. The number of para-hydroxylation sites is 1. The van der Waals surface area contributed by atoms with Crippen LogP contribution in [0.1, 0.15) is 11.4 Å². The fraction of sp³-hybridized carbons (Fsp3) is 0.200. The lowest BCUT2D eigenvalue weighted by atomic mass is 10.3. The van der Waals surface area contributed by atoms with E-state index in [-0.39, 0.29) is 0 Å². The summed E-state index contributed by atoms with van der Waals surface area (Å²) < 4.78 is 12.4. The summed E-state index contributed by atoms with van der Waals surface area (Å²) in [6, 6.07) is 9.45. The minimum absolute atomic E-state index is 0.397. The summed E-state index contributed by atoms with van der Waals surface area (Å²) >= 11 is 0. The molecular weight excluding hydrogens is 181 g/mol. The van der Waals surface area contributed by atoms with Crippen molar-refractivity contribution in [2.75, 3.05) is 0 Å². The van der Waals surface area contributed by atoms with Crippen LogP contribution in [-0.4, -0.2) is 15.0 Å². The van der Waals surface area contributed by atoms with Gasteiger partial charge in [0.2, 0.25) is 0 Å². The maximum absolute atomic E-state index is 12.4. The molecule has 1 aromatic heterocycles. The average Bonchev–Trinajstić information content (AvgIpc) is 2.61. The van der Waals surface area contributed by atoms with Crippen molar-refractivity contribution in [1.82, 2.24) is 15.0 Å². The predicted molar refractivity (Wildman–Crippen MR) is 50.9 cm³/mol. The number of rotatable bonds is 2. The zero-order valence-electron chi connectivity index (χ0n) is 7.81. The van der Waals surface area contributed by atoms with E-state index in [0.29, 0.717) is 11.4 Å². The number of alkyl halides is 1. The van der Waals surface area contributed by atoms with E-state index in [4.69, 9.17) is 0 Å². The maximum Gasteiger partial charge on any atom is 0.135 e. The molecule has 0 aliphatic rings. The molecule has 0 aliphatic carbocycles. The van der Waals surface area contributed by atoms with Gasteiger partial charge in [-0.3, -0.25) is 0 Å². The summed E-state index contributed by atoms with van der Waals surface area (Å²) in [5, 5.41) is 8.15. The number of aryl methyl sites for hydroxylation is 1. The Balaban J connectivity index is 2.43. The third-order valence-corrected chi connectivity index (χ3v) is 1.99. The molecule has 1 aromatic carbocycles. The smallest absolute Gasteiger partial charge is 0.135 e. The Morgan fingerprint density at radius 3 is 2.50 bits per heavy atom. The Bertz CT molecular complexity index is 422. The van der Waals surface area contributed by atoms with Gasteiger partial charge in [-0.2, -0.15) is 15.0 Å². The fourth-order valence-electron chi connectivity index (χ4n) is 1.21. The minimum atomic E-state index is -0.571. The summed E-state index contributed by atoms with van der Waals surface area (Å²) in [5.41, 5.74) is 1.88. The number of hydrogen-bond acceptors (Lipinski definition) is 2. The number of benzene rings is 1. The molecule has 0 radical (unpaired) electrons. The fourth-order valence-corrected chi connectivity index (χ4v) is 1.21.